The molecular formula is C18H14ClN3O2S. The zero-order valence-corrected chi connectivity index (χ0v) is 15.0. The van der Waals surface area contributed by atoms with E-state index in [1.165, 1.54) is 11.3 Å². The van der Waals surface area contributed by atoms with Crippen molar-refractivity contribution in [3.05, 3.63) is 63.4 Å². The van der Waals surface area contributed by atoms with Gasteiger partial charge in [-0.15, -0.1) is 0 Å². The maximum Gasteiger partial charge on any atom is 0.279 e. The van der Waals surface area contributed by atoms with E-state index < -0.39 is 0 Å². The maximum absolute atomic E-state index is 12.5. The summed E-state index contributed by atoms with van der Waals surface area (Å²) in [5.41, 5.74) is 1.90. The third-order valence-corrected chi connectivity index (χ3v) is 4.90. The Labute approximate surface area is 153 Å². The summed E-state index contributed by atoms with van der Waals surface area (Å²) in [7, 11) is 1.63. The van der Waals surface area contributed by atoms with E-state index in [1.54, 1.807) is 31.4 Å². The number of hydrogen-bond donors (Lipinski definition) is 0. The summed E-state index contributed by atoms with van der Waals surface area (Å²) in [5.74, 6) is -0.353. The standard InChI is InChI=1S/C18H14ClN3O2S/c1-24-9-8-22-15-7-6-14(19)10-16(15)25-18(22)21-17(23)13-4-2-12(11-20)3-5-13/h2-7,10H,8-9H2,1H3. The normalized spacial score (nSPS) is 11.6. The van der Waals surface area contributed by atoms with E-state index in [0.717, 1.165) is 10.2 Å². The van der Waals surface area contributed by atoms with Crippen LogP contribution >= 0.6 is 22.9 Å². The van der Waals surface area contributed by atoms with Crippen LogP contribution in [0.2, 0.25) is 5.02 Å². The number of ether oxygens (including phenoxy) is 1. The van der Waals surface area contributed by atoms with Gasteiger partial charge in [0.05, 0.1) is 28.5 Å². The summed E-state index contributed by atoms with van der Waals surface area (Å²) in [6, 6.07) is 14.0. The average molecular weight is 372 g/mol. The van der Waals surface area contributed by atoms with E-state index in [0.29, 0.717) is 34.1 Å². The largest absolute Gasteiger partial charge is 0.383 e. The number of fused-ring (bicyclic) bond motifs is 1. The number of carbonyl (C=O) groups excluding carboxylic acids is 1. The molecule has 3 aromatic rings. The van der Waals surface area contributed by atoms with E-state index in [9.17, 15) is 4.79 Å². The van der Waals surface area contributed by atoms with Gasteiger partial charge in [0.15, 0.2) is 4.80 Å². The van der Waals surface area contributed by atoms with Crippen LogP contribution in [0.25, 0.3) is 10.2 Å². The molecule has 0 saturated heterocycles. The Bertz CT molecular complexity index is 1030. The number of hydrogen-bond acceptors (Lipinski definition) is 4. The number of thiazole rings is 1. The minimum absolute atomic E-state index is 0.353. The fourth-order valence-electron chi connectivity index (χ4n) is 2.37. The highest BCUT2D eigenvalue weighted by Gasteiger charge is 2.10. The molecular weight excluding hydrogens is 358 g/mol. The Hall–Kier alpha value is -2.46. The van der Waals surface area contributed by atoms with Crippen molar-refractivity contribution in [2.75, 3.05) is 13.7 Å². The van der Waals surface area contributed by atoms with E-state index in [2.05, 4.69) is 4.99 Å². The molecule has 25 heavy (non-hydrogen) atoms. The Balaban J connectivity index is 2.07. The van der Waals surface area contributed by atoms with Crippen LogP contribution in [0.3, 0.4) is 0 Å². The number of halogens is 1. The molecule has 0 bridgehead atoms. The number of benzene rings is 2. The molecule has 1 heterocycles. The van der Waals surface area contributed by atoms with Crippen molar-refractivity contribution in [2.24, 2.45) is 4.99 Å². The summed E-state index contributed by atoms with van der Waals surface area (Å²) in [6.07, 6.45) is 0. The van der Waals surface area contributed by atoms with Gasteiger partial charge in [0, 0.05) is 24.2 Å². The van der Waals surface area contributed by atoms with Gasteiger partial charge < -0.3 is 9.30 Å². The summed E-state index contributed by atoms with van der Waals surface area (Å²) < 4.78 is 8.06. The van der Waals surface area contributed by atoms with Gasteiger partial charge in [-0.3, -0.25) is 4.79 Å². The second kappa shape index (κ2) is 7.62. The lowest BCUT2D eigenvalue weighted by atomic mass is 10.1. The van der Waals surface area contributed by atoms with Crippen molar-refractivity contribution in [1.29, 1.82) is 5.26 Å². The molecule has 0 fully saturated rings. The first-order valence-electron chi connectivity index (χ1n) is 7.49. The van der Waals surface area contributed by atoms with Crippen molar-refractivity contribution in [2.45, 2.75) is 6.54 Å². The molecule has 0 aliphatic heterocycles. The molecule has 0 atom stereocenters. The third kappa shape index (κ3) is 3.80. The van der Waals surface area contributed by atoms with Crippen molar-refractivity contribution >= 4 is 39.1 Å². The summed E-state index contributed by atoms with van der Waals surface area (Å²) in [5, 5.41) is 9.48. The van der Waals surface area contributed by atoms with Gasteiger partial charge in [0.1, 0.15) is 0 Å². The number of amides is 1. The van der Waals surface area contributed by atoms with E-state index >= 15 is 0 Å². The average Bonchev–Trinajstić information content (AvgIpc) is 2.95. The molecule has 0 aliphatic rings. The topological polar surface area (TPSA) is 67.4 Å². The van der Waals surface area contributed by atoms with E-state index in [4.69, 9.17) is 21.6 Å². The molecule has 7 heteroatoms. The molecule has 1 aromatic heterocycles. The van der Waals surface area contributed by atoms with E-state index in [1.807, 2.05) is 28.8 Å². The summed E-state index contributed by atoms with van der Waals surface area (Å²) >= 11 is 7.47. The Morgan fingerprint density at radius 2 is 2.08 bits per heavy atom. The van der Waals surface area contributed by atoms with Gasteiger partial charge in [-0.05, 0) is 42.5 Å². The van der Waals surface area contributed by atoms with Crippen LogP contribution in [0.15, 0.2) is 47.5 Å². The Morgan fingerprint density at radius 1 is 1.32 bits per heavy atom. The molecule has 3 rings (SSSR count). The van der Waals surface area contributed by atoms with Gasteiger partial charge in [-0.25, -0.2) is 0 Å². The minimum atomic E-state index is -0.353. The fraction of sp³-hybridized carbons (Fsp3) is 0.167. The number of aromatic nitrogens is 1. The molecule has 0 N–H and O–H groups in total. The van der Waals surface area contributed by atoms with Crippen molar-refractivity contribution < 1.29 is 9.53 Å². The molecule has 0 aliphatic carbocycles. The Morgan fingerprint density at radius 3 is 2.76 bits per heavy atom. The lowest BCUT2D eigenvalue weighted by Crippen LogP contribution is -2.19. The predicted octanol–water partition coefficient (Wildman–Crippen LogP) is 3.62. The second-order valence-corrected chi connectivity index (χ2v) is 6.69. The molecule has 2 aromatic carbocycles. The van der Waals surface area contributed by atoms with Gasteiger partial charge in [0.25, 0.3) is 5.91 Å². The quantitative estimate of drug-likeness (QED) is 0.703. The summed E-state index contributed by atoms with van der Waals surface area (Å²) in [6.45, 7) is 1.09. The number of carbonyl (C=O) groups is 1. The first-order valence-corrected chi connectivity index (χ1v) is 8.69. The Kier molecular flexibility index (Phi) is 5.29. The summed E-state index contributed by atoms with van der Waals surface area (Å²) in [4.78, 5) is 17.3. The van der Waals surface area contributed by atoms with Gasteiger partial charge in [-0.1, -0.05) is 22.9 Å². The zero-order chi connectivity index (χ0) is 17.8. The van der Waals surface area contributed by atoms with Crippen molar-refractivity contribution in [1.82, 2.24) is 4.57 Å². The predicted molar refractivity (Wildman–Crippen MR) is 97.8 cm³/mol. The highest BCUT2D eigenvalue weighted by atomic mass is 35.5. The molecule has 126 valence electrons. The lowest BCUT2D eigenvalue weighted by molar-refractivity contribution is 0.0997. The number of nitrogens with zero attached hydrogens (tertiary/aromatic N) is 3. The van der Waals surface area contributed by atoms with E-state index in [-0.39, 0.29) is 5.91 Å². The van der Waals surface area contributed by atoms with Crippen LogP contribution in [0.1, 0.15) is 15.9 Å². The van der Waals surface area contributed by atoms with Crippen molar-refractivity contribution in [3.63, 3.8) is 0 Å². The molecule has 1 amide bonds. The van der Waals surface area contributed by atoms with Gasteiger partial charge >= 0.3 is 0 Å². The minimum Gasteiger partial charge on any atom is -0.383 e. The monoisotopic (exact) mass is 371 g/mol. The smallest absolute Gasteiger partial charge is 0.279 e. The first-order chi connectivity index (χ1) is 12.1. The zero-order valence-electron chi connectivity index (χ0n) is 13.4. The van der Waals surface area contributed by atoms with Crippen LogP contribution in [0.5, 0.6) is 0 Å². The SMILES string of the molecule is COCCn1c(=NC(=O)c2ccc(C#N)cc2)sc2cc(Cl)ccc21. The van der Waals surface area contributed by atoms with Gasteiger partial charge in [-0.2, -0.15) is 10.3 Å². The second-order valence-electron chi connectivity index (χ2n) is 5.25. The molecule has 0 spiro atoms. The number of methoxy groups -OCH3 is 1. The third-order valence-electron chi connectivity index (χ3n) is 3.62. The molecule has 0 radical (unpaired) electrons. The van der Waals surface area contributed by atoms with Crippen LogP contribution < -0.4 is 4.80 Å². The first kappa shape index (κ1) is 17.4. The molecule has 5 nitrogen and oxygen atoms in total. The van der Waals surface area contributed by atoms with Crippen molar-refractivity contribution in [3.8, 4) is 6.07 Å². The highest BCUT2D eigenvalue weighted by molar-refractivity contribution is 7.16. The molecule has 0 saturated carbocycles. The fourth-order valence-corrected chi connectivity index (χ4v) is 3.70. The maximum atomic E-state index is 12.5. The molecule has 0 unspecified atom stereocenters. The van der Waals surface area contributed by atoms with Gasteiger partial charge in [0.2, 0.25) is 0 Å². The number of rotatable bonds is 4. The van der Waals surface area contributed by atoms with Crippen LogP contribution in [0, 0.1) is 11.3 Å². The number of nitriles is 1. The van der Waals surface area contributed by atoms with Crippen LogP contribution in [0.4, 0.5) is 0 Å². The van der Waals surface area contributed by atoms with Crippen LogP contribution in [-0.2, 0) is 11.3 Å². The van der Waals surface area contributed by atoms with Crippen LogP contribution in [-0.4, -0.2) is 24.2 Å². The highest BCUT2D eigenvalue weighted by Crippen LogP contribution is 2.22. The lowest BCUT2D eigenvalue weighted by Gasteiger charge is -2.04.